The number of thiol groups is 1. The Morgan fingerprint density at radius 1 is 1.30 bits per heavy atom. The van der Waals surface area contributed by atoms with Crippen molar-refractivity contribution in [2.45, 2.75) is 0 Å². The average Bonchev–Trinajstić information content (AvgIpc) is 1.21. The summed E-state index contributed by atoms with van der Waals surface area (Å²) in [7, 11) is -4.32. The summed E-state index contributed by atoms with van der Waals surface area (Å²) in [6, 6.07) is 0. The van der Waals surface area contributed by atoms with Crippen molar-refractivity contribution in [1.82, 2.24) is 0 Å². The van der Waals surface area contributed by atoms with Crippen molar-refractivity contribution in [3.63, 3.8) is 0 Å². The van der Waals surface area contributed by atoms with E-state index in [0.717, 1.165) is 0 Å². The second kappa shape index (κ2) is 7.20. The van der Waals surface area contributed by atoms with Crippen molar-refractivity contribution in [2.75, 3.05) is 5.75 Å². The van der Waals surface area contributed by atoms with Gasteiger partial charge in [-0.15, -0.1) is 0 Å². The Morgan fingerprint density at radius 2 is 1.60 bits per heavy atom. The fourth-order valence-corrected chi connectivity index (χ4v) is 0.529. The molecule has 3 N–H and O–H groups in total. The van der Waals surface area contributed by atoms with E-state index in [2.05, 4.69) is 0 Å². The molecule has 54 valence electrons. The molecule has 0 aliphatic rings. The quantitative estimate of drug-likeness (QED) is 0.291. The van der Waals surface area contributed by atoms with Gasteiger partial charge in [-0.25, -0.2) is 4.21 Å². The number of hydrogen-bond donors (Lipinski definition) is 4. The molecule has 0 rings (SSSR count). The Bertz CT molecular complexity index is 141. The Hall–Kier alpha value is 1.54. The van der Waals surface area contributed by atoms with Gasteiger partial charge in [0.15, 0.2) is 0 Å². The molecule has 0 fully saturated rings. The molecule has 0 aliphatic heterocycles. The van der Waals surface area contributed by atoms with E-state index in [1.165, 1.54) is 0 Å². The molecular formula is C2H8Na2O5S. The Balaban J connectivity index is -0.000000245. The third-order valence-electron chi connectivity index (χ3n) is 0.341. The Morgan fingerprint density at radius 3 is 1.60 bits per heavy atom. The summed E-state index contributed by atoms with van der Waals surface area (Å²) in [6.45, 7) is 0. The summed E-state index contributed by atoms with van der Waals surface area (Å²) in [5, 5.41) is 7.76. The van der Waals surface area contributed by atoms with Crippen LogP contribution in [0.3, 0.4) is 0 Å². The van der Waals surface area contributed by atoms with E-state index < -0.39 is 22.2 Å². The van der Waals surface area contributed by atoms with Gasteiger partial charge in [-0.05, 0) is 0 Å². The van der Waals surface area contributed by atoms with Gasteiger partial charge < -0.3 is 14.2 Å². The molecule has 0 aromatic heterocycles. The van der Waals surface area contributed by atoms with Crippen LogP contribution in [-0.2, 0) is 15.3 Å². The van der Waals surface area contributed by atoms with Crippen LogP contribution in [0.1, 0.15) is 0 Å². The zero-order valence-corrected chi connectivity index (χ0v) is 4.71. The maximum absolute atomic E-state index is 9.76. The van der Waals surface area contributed by atoms with Crippen LogP contribution in [-0.4, -0.2) is 89.3 Å². The normalized spacial score (nSPS) is 10.6. The maximum atomic E-state index is 9.76. The fourth-order valence-electron chi connectivity index (χ4n) is 0.176. The molecule has 0 radical (unpaired) electrons. The number of carbonyl (C=O) groups is 1. The van der Waals surface area contributed by atoms with Gasteiger partial charge in [-0.2, -0.15) is 0 Å². The van der Waals surface area contributed by atoms with Gasteiger partial charge in [-0.3, -0.25) is 4.79 Å². The van der Waals surface area contributed by atoms with Crippen LogP contribution in [0.4, 0.5) is 0 Å². The number of aliphatic carboxylic acids is 1. The predicted octanol–water partition coefficient (Wildman–Crippen LogP) is -2.26. The van der Waals surface area contributed by atoms with Crippen LogP contribution >= 0.6 is 0 Å². The summed E-state index contributed by atoms with van der Waals surface area (Å²) in [6.07, 6.45) is 0. The van der Waals surface area contributed by atoms with Crippen molar-refractivity contribution in [3.05, 3.63) is 0 Å². The number of carboxylic acid groups (broad SMARTS) is 1. The molecule has 0 aromatic rings. The first-order chi connectivity index (χ1) is 3.42. The molecule has 8 heteroatoms. The average molecular weight is 190 g/mol. The predicted molar refractivity (Wildman–Crippen MR) is 41.6 cm³/mol. The zero-order chi connectivity index (χ0) is 6.78. The SMILES string of the molecule is O=C(O)C[SH](=O)(O)O.[NaH].[NaH]. The van der Waals surface area contributed by atoms with Crippen molar-refractivity contribution in [1.29, 1.82) is 0 Å². The second-order valence-corrected chi connectivity index (χ2v) is 2.86. The van der Waals surface area contributed by atoms with Gasteiger partial charge in [0, 0.05) is 0 Å². The van der Waals surface area contributed by atoms with Crippen LogP contribution < -0.4 is 0 Å². The van der Waals surface area contributed by atoms with E-state index in [9.17, 15) is 9.00 Å². The Kier molecular flexibility index (Phi) is 12.7. The topological polar surface area (TPSA) is 94.8 Å². The van der Waals surface area contributed by atoms with Gasteiger partial charge in [0.25, 0.3) is 0 Å². The molecule has 0 spiro atoms. The van der Waals surface area contributed by atoms with E-state index in [0.29, 0.717) is 0 Å². The first kappa shape index (κ1) is 17.6. The summed E-state index contributed by atoms with van der Waals surface area (Å²) < 4.78 is 25.6. The molecule has 0 saturated heterocycles. The van der Waals surface area contributed by atoms with E-state index in [-0.39, 0.29) is 59.1 Å². The summed E-state index contributed by atoms with van der Waals surface area (Å²) in [5.74, 6) is -2.58. The minimum absolute atomic E-state index is 0. The number of hydrogen-bond acceptors (Lipinski definition) is 2. The van der Waals surface area contributed by atoms with E-state index >= 15 is 0 Å². The van der Waals surface area contributed by atoms with E-state index in [1.807, 2.05) is 0 Å². The molecule has 0 aliphatic carbocycles. The van der Waals surface area contributed by atoms with Gasteiger partial charge in [-0.1, -0.05) is 0 Å². The van der Waals surface area contributed by atoms with Crippen LogP contribution in [0.2, 0.25) is 0 Å². The second-order valence-electron chi connectivity index (χ2n) is 1.22. The molecular weight excluding hydrogens is 182 g/mol. The summed E-state index contributed by atoms with van der Waals surface area (Å²) in [5.41, 5.74) is 0. The first-order valence-corrected chi connectivity index (χ1v) is 3.48. The minimum atomic E-state index is -4.32. The van der Waals surface area contributed by atoms with Crippen LogP contribution in [0, 0.1) is 0 Å². The zero-order valence-electron chi connectivity index (χ0n) is 3.81. The molecule has 0 saturated carbocycles. The van der Waals surface area contributed by atoms with E-state index in [1.54, 1.807) is 0 Å². The van der Waals surface area contributed by atoms with Crippen LogP contribution in [0.25, 0.3) is 0 Å². The Labute approximate surface area is 103 Å². The van der Waals surface area contributed by atoms with E-state index in [4.69, 9.17) is 14.2 Å². The number of carboxylic acids is 1. The summed E-state index contributed by atoms with van der Waals surface area (Å²) in [4.78, 5) is 9.52. The molecule has 0 atom stereocenters. The third kappa shape index (κ3) is 16.3. The molecule has 0 unspecified atom stereocenters. The van der Waals surface area contributed by atoms with Crippen LogP contribution in [0.15, 0.2) is 0 Å². The molecule has 5 nitrogen and oxygen atoms in total. The number of rotatable bonds is 2. The molecule has 0 bridgehead atoms. The van der Waals surface area contributed by atoms with Crippen molar-refractivity contribution in [3.8, 4) is 0 Å². The van der Waals surface area contributed by atoms with Crippen molar-refractivity contribution in [2.24, 2.45) is 0 Å². The van der Waals surface area contributed by atoms with Crippen molar-refractivity contribution < 1.29 is 23.2 Å². The summed E-state index contributed by atoms with van der Waals surface area (Å²) >= 11 is 0. The van der Waals surface area contributed by atoms with Gasteiger partial charge in [0.1, 0.15) is 5.75 Å². The molecule has 0 aromatic carbocycles. The van der Waals surface area contributed by atoms with Gasteiger partial charge in [0.05, 0.1) is 10.5 Å². The molecule has 10 heavy (non-hydrogen) atoms. The van der Waals surface area contributed by atoms with Crippen molar-refractivity contribution >= 4 is 75.6 Å². The van der Waals surface area contributed by atoms with Gasteiger partial charge in [0.2, 0.25) is 0 Å². The fraction of sp³-hybridized carbons (Fsp3) is 0.500. The van der Waals surface area contributed by atoms with Gasteiger partial charge >= 0.3 is 65.1 Å². The first-order valence-electron chi connectivity index (χ1n) is 1.68. The van der Waals surface area contributed by atoms with Crippen LogP contribution in [0.5, 0.6) is 0 Å². The monoisotopic (exact) mass is 190 g/mol. The molecule has 0 amide bonds. The standard InChI is InChI=1S/C2H6O5S.2Na.2H/c3-2(4)1-8(5,6)7;;;;/h8H,1H2,(H,3,4)(H2,5,6,7);;;;. The molecule has 0 heterocycles. The third-order valence-corrected chi connectivity index (χ3v) is 1.02.